The molecule has 0 radical (unpaired) electrons. The number of carbonyl (C=O) groups is 1. The molecule has 0 bridgehead atoms. The predicted octanol–water partition coefficient (Wildman–Crippen LogP) is 3.15. The maximum Gasteiger partial charge on any atom is 0.336 e. The Morgan fingerprint density at radius 2 is 2.00 bits per heavy atom. The first kappa shape index (κ1) is 21.2. The molecule has 1 aliphatic heterocycles. The van der Waals surface area contributed by atoms with Crippen molar-refractivity contribution in [2.45, 2.75) is 39.2 Å². The molecule has 1 aromatic carbocycles. The van der Waals surface area contributed by atoms with E-state index in [1.54, 1.807) is 30.6 Å². The zero-order valence-corrected chi connectivity index (χ0v) is 17.4. The van der Waals surface area contributed by atoms with E-state index in [1.165, 1.54) is 21.1 Å². The van der Waals surface area contributed by atoms with Crippen LogP contribution in [0.3, 0.4) is 0 Å². The number of carbonyl (C=O) groups excluding carboxylic acids is 1. The van der Waals surface area contributed by atoms with E-state index in [0.29, 0.717) is 29.7 Å². The minimum Gasteiger partial charge on any atom is -0.460 e. The average molecular weight is 429 g/mol. The summed E-state index contributed by atoms with van der Waals surface area (Å²) in [5.41, 5.74) is 1.39. The third-order valence-electron chi connectivity index (χ3n) is 5.41. The van der Waals surface area contributed by atoms with Crippen molar-refractivity contribution in [1.82, 2.24) is 14.0 Å². The van der Waals surface area contributed by atoms with Crippen LogP contribution in [-0.4, -0.2) is 39.4 Å². The highest BCUT2D eigenvalue weighted by Gasteiger charge is 2.30. The molecule has 1 fully saturated rings. The maximum absolute atomic E-state index is 13.2. The lowest BCUT2D eigenvalue weighted by Crippen LogP contribution is -2.30. The molecule has 2 unspecified atom stereocenters. The number of halogens is 1. The molecule has 3 heterocycles. The van der Waals surface area contributed by atoms with Gasteiger partial charge in [0.25, 0.3) is 0 Å². The number of fused-ring (bicyclic) bond motifs is 1. The Kier molecular flexibility index (Phi) is 6.15. The van der Waals surface area contributed by atoms with E-state index < -0.39 is 12.5 Å². The van der Waals surface area contributed by atoms with E-state index in [0.717, 1.165) is 0 Å². The maximum atomic E-state index is 13.2. The standard InChI is InChI=1S/C22H24FN3O5/c1-3-14(4-2)21(27)30-13-20-29-12-19(31-20)25-10-9-18-24-17(11-26(18)22(25)28)15-5-7-16(23)8-6-15/h5-11,14,19-20H,3-4,12-13H2,1-2H3. The first-order chi connectivity index (χ1) is 15.0. The van der Waals surface area contributed by atoms with E-state index in [-0.39, 0.29) is 36.6 Å². The van der Waals surface area contributed by atoms with Gasteiger partial charge in [-0.25, -0.2) is 14.2 Å². The number of rotatable bonds is 7. The first-order valence-electron chi connectivity index (χ1n) is 10.3. The van der Waals surface area contributed by atoms with Gasteiger partial charge in [-0.2, -0.15) is 0 Å². The van der Waals surface area contributed by atoms with E-state index in [9.17, 15) is 14.0 Å². The van der Waals surface area contributed by atoms with Crippen LogP contribution in [0.25, 0.3) is 16.9 Å². The SMILES string of the molecule is CCC(CC)C(=O)OCC1OCC(n2ccc3nc(-c4ccc(F)cc4)cn3c2=O)O1. The van der Waals surface area contributed by atoms with Crippen molar-refractivity contribution in [3.8, 4) is 11.3 Å². The second-order valence-corrected chi connectivity index (χ2v) is 7.36. The van der Waals surface area contributed by atoms with Crippen LogP contribution >= 0.6 is 0 Å². The number of aromatic nitrogens is 3. The molecule has 0 saturated carbocycles. The van der Waals surface area contributed by atoms with Gasteiger partial charge in [0.05, 0.1) is 18.2 Å². The summed E-state index contributed by atoms with van der Waals surface area (Å²) in [5.74, 6) is -0.752. The fourth-order valence-electron chi connectivity index (χ4n) is 3.55. The molecule has 164 valence electrons. The quantitative estimate of drug-likeness (QED) is 0.537. The number of hydrogen-bond donors (Lipinski definition) is 0. The van der Waals surface area contributed by atoms with Crippen molar-refractivity contribution in [3.63, 3.8) is 0 Å². The van der Waals surface area contributed by atoms with Crippen LogP contribution in [0, 0.1) is 11.7 Å². The molecule has 4 rings (SSSR count). The molecule has 0 N–H and O–H groups in total. The number of nitrogens with zero attached hydrogens (tertiary/aromatic N) is 3. The lowest BCUT2D eigenvalue weighted by atomic mass is 10.0. The minimum atomic E-state index is -0.733. The van der Waals surface area contributed by atoms with Crippen LogP contribution < -0.4 is 5.69 Å². The van der Waals surface area contributed by atoms with Gasteiger partial charge in [-0.3, -0.25) is 13.8 Å². The van der Waals surface area contributed by atoms with E-state index in [1.807, 2.05) is 13.8 Å². The summed E-state index contributed by atoms with van der Waals surface area (Å²) >= 11 is 0. The molecule has 0 amide bonds. The van der Waals surface area contributed by atoms with Gasteiger partial charge in [0.2, 0.25) is 0 Å². The summed E-state index contributed by atoms with van der Waals surface area (Å²) in [6.45, 7) is 4.00. The minimum absolute atomic E-state index is 0.0252. The van der Waals surface area contributed by atoms with Gasteiger partial charge in [0.15, 0.2) is 12.5 Å². The number of benzene rings is 1. The fraction of sp³-hybridized carbons (Fsp3) is 0.409. The van der Waals surface area contributed by atoms with Crippen LogP contribution in [0.15, 0.2) is 47.5 Å². The van der Waals surface area contributed by atoms with E-state index in [2.05, 4.69) is 4.98 Å². The molecule has 1 aliphatic rings. The Morgan fingerprint density at radius 3 is 2.71 bits per heavy atom. The van der Waals surface area contributed by atoms with E-state index in [4.69, 9.17) is 14.2 Å². The second kappa shape index (κ2) is 8.99. The molecule has 0 spiro atoms. The van der Waals surface area contributed by atoms with Gasteiger partial charge in [-0.1, -0.05) is 13.8 Å². The van der Waals surface area contributed by atoms with Gasteiger partial charge < -0.3 is 14.2 Å². The summed E-state index contributed by atoms with van der Waals surface area (Å²) in [5, 5.41) is 0. The highest BCUT2D eigenvalue weighted by Crippen LogP contribution is 2.22. The number of ether oxygens (including phenoxy) is 3. The normalized spacial score (nSPS) is 18.7. The van der Waals surface area contributed by atoms with E-state index >= 15 is 0 Å². The van der Waals surface area contributed by atoms with Crippen molar-refractivity contribution >= 4 is 11.6 Å². The smallest absolute Gasteiger partial charge is 0.336 e. The third-order valence-corrected chi connectivity index (χ3v) is 5.41. The Bertz CT molecular complexity index is 1120. The van der Waals surface area contributed by atoms with Crippen LogP contribution in [0.5, 0.6) is 0 Å². The zero-order chi connectivity index (χ0) is 22.0. The van der Waals surface area contributed by atoms with Crippen LogP contribution in [0.4, 0.5) is 4.39 Å². The van der Waals surface area contributed by atoms with Crippen molar-refractivity contribution in [2.24, 2.45) is 5.92 Å². The van der Waals surface area contributed by atoms with Gasteiger partial charge in [-0.05, 0) is 43.2 Å². The van der Waals surface area contributed by atoms with Gasteiger partial charge in [0, 0.05) is 18.0 Å². The van der Waals surface area contributed by atoms with Gasteiger partial charge in [0.1, 0.15) is 18.1 Å². The zero-order valence-electron chi connectivity index (χ0n) is 17.4. The second-order valence-electron chi connectivity index (χ2n) is 7.36. The van der Waals surface area contributed by atoms with Crippen molar-refractivity contribution in [1.29, 1.82) is 0 Å². The molecule has 3 aromatic rings. The topological polar surface area (TPSA) is 84.1 Å². The molecule has 2 atom stereocenters. The van der Waals surface area contributed by atoms with Crippen molar-refractivity contribution < 1.29 is 23.4 Å². The third kappa shape index (κ3) is 4.38. The Hall–Kier alpha value is -3.04. The van der Waals surface area contributed by atoms with Gasteiger partial charge >= 0.3 is 11.7 Å². The number of hydrogen-bond acceptors (Lipinski definition) is 6. The Labute approximate surface area is 178 Å². The summed E-state index contributed by atoms with van der Waals surface area (Å²) in [6.07, 6.45) is 3.24. The number of esters is 1. The first-order valence-corrected chi connectivity index (χ1v) is 10.3. The largest absolute Gasteiger partial charge is 0.460 e. The Balaban J connectivity index is 1.47. The van der Waals surface area contributed by atoms with Crippen LogP contribution in [0.2, 0.25) is 0 Å². The molecular weight excluding hydrogens is 405 g/mol. The molecular formula is C22H24FN3O5. The predicted molar refractivity (Wildman–Crippen MR) is 110 cm³/mol. The fourth-order valence-corrected chi connectivity index (χ4v) is 3.55. The highest BCUT2D eigenvalue weighted by atomic mass is 19.1. The molecule has 2 aromatic heterocycles. The summed E-state index contributed by atoms with van der Waals surface area (Å²) < 4.78 is 32.6. The summed E-state index contributed by atoms with van der Waals surface area (Å²) in [6, 6.07) is 7.60. The summed E-state index contributed by atoms with van der Waals surface area (Å²) in [4.78, 5) is 29.4. The van der Waals surface area contributed by atoms with Crippen molar-refractivity contribution in [2.75, 3.05) is 13.2 Å². The Morgan fingerprint density at radius 1 is 1.26 bits per heavy atom. The number of imidazole rings is 1. The lowest BCUT2D eigenvalue weighted by molar-refractivity contribution is -0.163. The average Bonchev–Trinajstić information content (AvgIpc) is 3.42. The molecule has 31 heavy (non-hydrogen) atoms. The van der Waals surface area contributed by atoms with Gasteiger partial charge in [-0.15, -0.1) is 0 Å². The molecule has 8 nitrogen and oxygen atoms in total. The summed E-state index contributed by atoms with van der Waals surface area (Å²) in [7, 11) is 0. The van der Waals surface area contributed by atoms with Crippen LogP contribution in [0.1, 0.15) is 32.9 Å². The molecule has 1 saturated heterocycles. The molecule has 9 heteroatoms. The van der Waals surface area contributed by atoms with Crippen LogP contribution in [-0.2, 0) is 19.0 Å². The lowest BCUT2D eigenvalue weighted by Gasteiger charge is -2.16. The monoisotopic (exact) mass is 429 g/mol. The molecule has 0 aliphatic carbocycles. The highest BCUT2D eigenvalue weighted by molar-refractivity contribution is 5.72. The van der Waals surface area contributed by atoms with Crippen molar-refractivity contribution in [3.05, 3.63) is 59.0 Å².